The molecule has 2 aromatic heterocycles. The third-order valence-corrected chi connectivity index (χ3v) is 4.01. The molecule has 1 fully saturated rings. The van der Waals surface area contributed by atoms with Crippen molar-refractivity contribution in [3.05, 3.63) is 38.8 Å². The van der Waals surface area contributed by atoms with Gasteiger partial charge in [-0.3, -0.25) is 9.59 Å². The van der Waals surface area contributed by atoms with Crippen molar-refractivity contribution in [2.75, 3.05) is 13.2 Å². The average molecular weight is 275 g/mol. The van der Waals surface area contributed by atoms with E-state index in [1.54, 1.807) is 17.7 Å². The van der Waals surface area contributed by atoms with Gasteiger partial charge in [-0.05, 0) is 26.7 Å². The number of hydrogen-bond donors (Lipinski definition) is 1. The van der Waals surface area contributed by atoms with Gasteiger partial charge < -0.3 is 14.3 Å². The van der Waals surface area contributed by atoms with Gasteiger partial charge in [0, 0.05) is 31.0 Å². The lowest BCUT2D eigenvalue weighted by Gasteiger charge is -2.35. The van der Waals surface area contributed by atoms with Crippen molar-refractivity contribution in [2.24, 2.45) is 0 Å². The molecule has 0 unspecified atom stereocenters. The normalized spacial score (nSPS) is 18.3. The topological polar surface area (TPSA) is 77.0 Å². The molecule has 0 amide bonds. The van der Waals surface area contributed by atoms with Gasteiger partial charge in [0.25, 0.3) is 11.1 Å². The number of aromatic amines is 1. The van der Waals surface area contributed by atoms with E-state index in [1.165, 1.54) is 6.07 Å². The van der Waals surface area contributed by atoms with Crippen LogP contribution in [0.5, 0.6) is 0 Å². The monoisotopic (exact) mass is 275 g/mol. The SMILES string of the molecule is Cc1nc2cc(=O)n(C3(C)CCOCC3)cc2c(=O)[nH]1. The lowest BCUT2D eigenvalue weighted by atomic mass is 9.92. The Hall–Kier alpha value is -1.95. The van der Waals surface area contributed by atoms with E-state index in [0.29, 0.717) is 29.9 Å². The molecule has 3 heterocycles. The van der Waals surface area contributed by atoms with Gasteiger partial charge in [-0.1, -0.05) is 0 Å². The fraction of sp³-hybridized carbons (Fsp3) is 0.500. The highest BCUT2D eigenvalue weighted by Gasteiger charge is 2.30. The van der Waals surface area contributed by atoms with Gasteiger partial charge in [-0.25, -0.2) is 4.98 Å². The number of fused-ring (bicyclic) bond motifs is 1. The van der Waals surface area contributed by atoms with Crippen LogP contribution in [0.15, 0.2) is 21.9 Å². The Balaban J connectivity index is 2.24. The number of nitrogens with zero attached hydrogens (tertiary/aromatic N) is 2. The van der Waals surface area contributed by atoms with Gasteiger partial charge in [0.2, 0.25) is 0 Å². The Morgan fingerprint density at radius 3 is 2.75 bits per heavy atom. The molecule has 0 radical (unpaired) electrons. The van der Waals surface area contributed by atoms with E-state index in [1.807, 2.05) is 6.92 Å². The highest BCUT2D eigenvalue weighted by Crippen LogP contribution is 2.27. The molecule has 0 saturated carbocycles. The maximum Gasteiger partial charge on any atom is 0.260 e. The van der Waals surface area contributed by atoms with Crippen molar-refractivity contribution in [1.29, 1.82) is 0 Å². The molecule has 6 heteroatoms. The zero-order valence-corrected chi connectivity index (χ0v) is 11.6. The van der Waals surface area contributed by atoms with Crippen LogP contribution in [0, 0.1) is 6.92 Å². The van der Waals surface area contributed by atoms with Crippen molar-refractivity contribution in [1.82, 2.24) is 14.5 Å². The minimum Gasteiger partial charge on any atom is -0.381 e. The van der Waals surface area contributed by atoms with E-state index in [2.05, 4.69) is 9.97 Å². The van der Waals surface area contributed by atoms with Crippen LogP contribution in [0.3, 0.4) is 0 Å². The zero-order valence-electron chi connectivity index (χ0n) is 11.6. The van der Waals surface area contributed by atoms with E-state index in [9.17, 15) is 9.59 Å². The second-order valence-corrected chi connectivity index (χ2v) is 5.54. The highest BCUT2D eigenvalue weighted by atomic mass is 16.5. The molecular formula is C14H17N3O3. The molecule has 6 nitrogen and oxygen atoms in total. The minimum absolute atomic E-state index is 0.126. The van der Waals surface area contributed by atoms with E-state index in [-0.39, 0.29) is 16.7 Å². The lowest BCUT2D eigenvalue weighted by molar-refractivity contribution is 0.0281. The molecule has 1 saturated heterocycles. The van der Waals surface area contributed by atoms with Crippen LogP contribution in [-0.2, 0) is 10.3 Å². The first-order valence-corrected chi connectivity index (χ1v) is 6.71. The number of pyridine rings is 1. The summed E-state index contributed by atoms with van der Waals surface area (Å²) in [6.45, 7) is 4.98. The van der Waals surface area contributed by atoms with Crippen molar-refractivity contribution < 1.29 is 4.74 Å². The first kappa shape index (κ1) is 13.1. The molecule has 0 bridgehead atoms. The van der Waals surface area contributed by atoms with Crippen LogP contribution >= 0.6 is 0 Å². The summed E-state index contributed by atoms with van der Waals surface area (Å²) < 4.78 is 7.01. The van der Waals surface area contributed by atoms with E-state index < -0.39 is 0 Å². The van der Waals surface area contributed by atoms with Crippen LogP contribution in [-0.4, -0.2) is 27.7 Å². The fourth-order valence-electron chi connectivity index (χ4n) is 2.70. The molecule has 2 aromatic rings. The van der Waals surface area contributed by atoms with Gasteiger partial charge in [-0.15, -0.1) is 0 Å². The van der Waals surface area contributed by atoms with Crippen molar-refractivity contribution >= 4 is 10.9 Å². The summed E-state index contributed by atoms with van der Waals surface area (Å²) in [5.41, 5.74) is -0.194. The van der Waals surface area contributed by atoms with Crippen LogP contribution in [0.2, 0.25) is 0 Å². The molecule has 0 aromatic carbocycles. The van der Waals surface area contributed by atoms with Gasteiger partial charge in [0.05, 0.1) is 10.9 Å². The molecule has 0 aliphatic carbocycles. The van der Waals surface area contributed by atoms with Crippen LogP contribution < -0.4 is 11.1 Å². The lowest BCUT2D eigenvalue weighted by Crippen LogP contribution is -2.42. The summed E-state index contributed by atoms with van der Waals surface area (Å²) >= 11 is 0. The number of aromatic nitrogens is 3. The van der Waals surface area contributed by atoms with Gasteiger partial charge in [0.15, 0.2) is 0 Å². The second-order valence-electron chi connectivity index (χ2n) is 5.54. The molecule has 1 aliphatic rings. The molecule has 106 valence electrons. The molecule has 1 aliphatic heterocycles. The van der Waals surface area contributed by atoms with Gasteiger partial charge in [0.1, 0.15) is 5.82 Å². The summed E-state index contributed by atoms with van der Waals surface area (Å²) in [6, 6.07) is 1.44. The summed E-state index contributed by atoms with van der Waals surface area (Å²) in [4.78, 5) is 31.2. The standard InChI is InChI=1S/C14H17N3O3/c1-9-15-11-7-12(18)17(8-10(11)13(19)16-9)14(2)3-5-20-6-4-14/h7-8H,3-6H2,1-2H3,(H,15,16,19). The summed E-state index contributed by atoms with van der Waals surface area (Å²) in [6.07, 6.45) is 3.15. The summed E-state index contributed by atoms with van der Waals surface area (Å²) in [5, 5.41) is 0.447. The van der Waals surface area contributed by atoms with Crippen molar-refractivity contribution in [2.45, 2.75) is 32.2 Å². The molecule has 1 N–H and O–H groups in total. The third-order valence-electron chi connectivity index (χ3n) is 4.01. The predicted molar refractivity (Wildman–Crippen MR) is 75.1 cm³/mol. The minimum atomic E-state index is -0.305. The second kappa shape index (κ2) is 4.56. The Kier molecular flexibility index (Phi) is 2.97. The first-order valence-electron chi connectivity index (χ1n) is 6.71. The van der Waals surface area contributed by atoms with E-state index >= 15 is 0 Å². The number of aryl methyl sites for hydroxylation is 1. The smallest absolute Gasteiger partial charge is 0.260 e. The van der Waals surface area contributed by atoms with Crippen molar-refractivity contribution in [3.63, 3.8) is 0 Å². The Morgan fingerprint density at radius 1 is 1.35 bits per heavy atom. The summed E-state index contributed by atoms with van der Waals surface area (Å²) in [7, 11) is 0. The quantitative estimate of drug-likeness (QED) is 0.839. The Bertz CT molecular complexity index is 769. The van der Waals surface area contributed by atoms with Crippen LogP contribution in [0.1, 0.15) is 25.6 Å². The Labute approximate surface area is 115 Å². The number of hydrogen-bond acceptors (Lipinski definition) is 4. The summed E-state index contributed by atoms with van der Waals surface area (Å²) in [5.74, 6) is 0.511. The van der Waals surface area contributed by atoms with Crippen LogP contribution in [0.4, 0.5) is 0 Å². The average Bonchev–Trinajstić information content (AvgIpc) is 2.38. The fourth-order valence-corrected chi connectivity index (χ4v) is 2.70. The largest absolute Gasteiger partial charge is 0.381 e. The van der Waals surface area contributed by atoms with E-state index in [4.69, 9.17) is 4.74 Å². The number of rotatable bonds is 1. The molecule has 3 rings (SSSR count). The van der Waals surface area contributed by atoms with Gasteiger partial charge >= 0.3 is 0 Å². The molecule has 0 spiro atoms. The van der Waals surface area contributed by atoms with Gasteiger partial charge in [-0.2, -0.15) is 0 Å². The molecule has 0 atom stereocenters. The third kappa shape index (κ3) is 2.06. The van der Waals surface area contributed by atoms with Crippen LogP contribution in [0.25, 0.3) is 10.9 Å². The maximum absolute atomic E-state index is 12.3. The first-order chi connectivity index (χ1) is 9.49. The zero-order chi connectivity index (χ0) is 14.3. The maximum atomic E-state index is 12.3. The highest BCUT2D eigenvalue weighted by molar-refractivity contribution is 5.76. The molecular weight excluding hydrogens is 258 g/mol. The molecule has 20 heavy (non-hydrogen) atoms. The number of ether oxygens (including phenoxy) is 1. The van der Waals surface area contributed by atoms with E-state index in [0.717, 1.165) is 12.8 Å². The predicted octanol–water partition coefficient (Wildman–Crippen LogP) is 0.919. The number of H-pyrrole nitrogens is 1. The Morgan fingerprint density at radius 2 is 2.05 bits per heavy atom. The van der Waals surface area contributed by atoms with Crippen molar-refractivity contribution in [3.8, 4) is 0 Å². The number of nitrogens with one attached hydrogen (secondary N) is 1.